The van der Waals surface area contributed by atoms with E-state index < -0.39 is 0 Å². The molecule has 2 rings (SSSR count). The van der Waals surface area contributed by atoms with E-state index in [1.165, 1.54) is 29.0 Å². The van der Waals surface area contributed by atoms with Crippen LogP contribution in [0.4, 0.5) is 0 Å². The molecule has 1 aromatic rings. The van der Waals surface area contributed by atoms with E-state index in [9.17, 15) is 0 Å². The van der Waals surface area contributed by atoms with Crippen LogP contribution in [0.5, 0.6) is 0 Å². The number of rotatable bonds is 2. The summed E-state index contributed by atoms with van der Waals surface area (Å²) >= 11 is 1.93. The highest BCUT2D eigenvalue weighted by atomic mass is 32.2. The van der Waals surface area contributed by atoms with Gasteiger partial charge in [0, 0.05) is 11.9 Å². The number of hydrogen-bond donors (Lipinski definition) is 0. The van der Waals surface area contributed by atoms with Crippen LogP contribution in [0.25, 0.3) is 6.08 Å². The van der Waals surface area contributed by atoms with E-state index in [4.69, 9.17) is 0 Å². The van der Waals surface area contributed by atoms with Gasteiger partial charge in [0.05, 0.1) is 0 Å². The van der Waals surface area contributed by atoms with Gasteiger partial charge in [-0.2, -0.15) is 0 Å². The van der Waals surface area contributed by atoms with Crippen LogP contribution in [-0.4, -0.2) is 10.7 Å². The van der Waals surface area contributed by atoms with Crippen molar-refractivity contribution in [2.45, 2.75) is 46.0 Å². The first kappa shape index (κ1) is 13.7. The van der Waals surface area contributed by atoms with Crippen LogP contribution in [0, 0.1) is 5.92 Å². The average molecular weight is 261 g/mol. The molecule has 0 aliphatic carbocycles. The van der Waals surface area contributed by atoms with Gasteiger partial charge in [-0.1, -0.05) is 27.7 Å². The quantitative estimate of drug-likeness (QED) is 0.738. The molecule has 1 aliphatic rings. The molecule has 0 saturated carbocycles. The molecular formula is C16H23NS. The van der Waals surface area contributed by atoms with E-state index in [-0.39, 0.29) is 0 Å². The van der Waals surface area contributed by atoms with Crippen LogP contribution >= 0.6 is 11.8 Å². The van der Waals surface area contributed by atoms with E-state index in [0.29, 0.717) is 17.8 Å². The zero-order valence-corrected chi connectivity index (χ0v) is 12.6. The monoisotopic (exact) mass is 261 g/mol. The average Bonchev–Trinajstić information content (AvgIpc) is 2.28. The van der Waals surface area contributed by atoms with Crippen molar-refractivity contribution in [3.63, 3.8) is 0 Å². The molecule has 98 valence electrons. The Bertz CT molecular complexity index is 435. The van der Waals surface area contributed by atoms with Crippen molar-refractivity contribution in [1.82, 2.24) is 4.98 Å². The van der Waals surface area contributed by atoms with Gasteiger partial charge in [-0.25, -0.2) is 0 Å². The Balaban J connectivity index is 2.58. The molecule has 0 N–H and O–H groups in total. The van der Waals surface area contributed by atoms with Crippen LogP contribution in [0.3, 0.4) is 0 Å². The summed E-state index contributed by atoms with van der Waals surface area (Å²) in [4.78, 5) is 4.66. The molecular weight excluding hydrogens is 238 g/mol. The van der Waals surface area contributed by atoms with Crippen molar-refractivity contribution in [1.29, 1.82) is 0 Å². The third-order valence-electron chi connectivity index (χ3n) is 3.67. The maximum atomic E-state index is 4.66. The summed E-state index contributed by atoms with van der Waals surface area (Å²) in [5.41, 5.74) is 4.17. The molecule has 0 aromatic carbocycles. The smallest absolute Gasteiger partial charge is 0.0469 e. The second-order valence-corrected chi connectivity index (χ2v) is 6.68. The standard InChI is InChI=1S/C16H23NS/c1-11(2)14-7-10-18-9-6-13-5-8-17-16(12(3)4)15(13)14/h5-6,8-9,11-12,14H,7,10H2,1-4H3/b9-6-. The van der Waals surface area contributed by atoms with Gasteiger partial charge >= 0.3 is 0 Å². The van der Waals surface area contributed by atoms with Crippen molar-refractivity contribution in [3.8, 4) is 0 Å². The fraction of sp³-hybridized carbons (Fsp3) is 0.562. The lowest BCUT2D eigenvalue weighted by Gasteiger charge is -2.27. The zero-order valence-electron chi connectivity index (χ0n) is 11.8. The Labute approximate surface area is 115 Å². The zero-order chi connectivity index (χ0) is 13.1. The van der Waals surface area contributed by atoms with Gasteiger partial charge in [0.1, 0.15) is 0 Å². The van der Waals surface area contributed by atoms with Gasteiger partial charge in [0.2, 0.25) is 0 Å². The molecule has 1 atom stereocenters. The highest BCUT2D eigenvalue weighted by Gasteiger charge is 2.24. The molecule has 2 heteroatoms. The second-order valence-electron chi connectivity index (χ2n) is 5.67. The first-order valence-corrected chi connectivity index (χ1v) is 7.93. The van der Waals surface area contributed by atoms with Crippen molar-refractivity contribution in [2.75, 3.05) is 5.75 Å². The molecule has 1 nitrogen and oxygen atoms in total. The van der Waals surface area contributed by atoms with Gasteiger partial charge in [-0.3, -0.25) is 4.98 Å². The van der Waals surface area contributed by atoms with Crippen LogP contribution < -0.4 is 0 Å². The second kappa shape index (κ2) is 5.92. The fourth-order valence-electron chi connectivity index (χ4n) is 2.71. The summed E-state index contributed by atoms with van der Waals surface area (Å²) in [6.07, 6.45) is 5.48. The third kappa shape index (κ3) is 2.80. The Morgan fingerprint density at radius 1 is 1.28 bits per heavy atom. The molecule has 0 amide bonds. The third-order valence-corrected chi connectivity index (χ3v) is 4.47. The summed E-state index contributed by atoms with van der Waals surface area (Å²) in [5, 5.41) is 2.24. The summed E-state index contributed by atoms with van der Waals surface area (Å²) < 4.78 is 0. The van der Waals surface area contributed by atoms with Crippen LogP contribution in [0.2, 0.25) is 0 Å². The molecule has 1 aromatic heterocycles. The van der Waals surface area contributed by atoms with Gasteiger partial charge in [-0.15, -0.1) is 11.8 Å². The number of fused-ring (bicyclic) bond motifs is 1. The predicted octanol–water partition coefficient (Wildman–Crippen LogP) is 5.05. The maximum Gasteiger partial charge on any atom is 0.0469 e. The van der Waals surface area contributed by atoms with Crippen molar-refractivity contribution >= 4 is 17.8 Å². The van der Waals surface area contributed by atoms with E-state index in [1.54, 1.807) is 0 Å². The molecule has 1 aliphatic heterocycles. The lowest BCUT2D eigenvalue weighted by atomic mass is 9.81. The number of hydrogen-bond acceptors (Lipinski definition) is 2. The van der Waals surface area contributed by atoms with E-state index in [0.717, 1.165) is 0 Å². The number of thioether (sulfide) groups is 1. The maximum absolute atomic E-state index is 4.66. The van der Waals surface area contributed by atoms with Crippen LogP contribution in [0.1, 0.15) is 62.8 Å². The predicted molar refractivity (Wildman–Crippen MR) is 82.0 cm³/mol. The first-order chi connectivity index (χ1) is 8.61. The summed E-state index contributed by atoms with van der Waals surface area (Å²) in [6.45, 7) is 9.16. The summed E-state index contributed by atoms with van der Waals surface area (Å²) in [7, 11) is 0. The van der Waals surface area contributed by atoms with Gasteiger partial charge < -0.3 is 0 Å². The Morgan fingerprint density at radius 2 is 2.06 bits per heavy atom. The van der Waals surface area contributed by atoms with Crippen molar-refractivity contribution in [3.05, 3.63) is 34.5 Å². The first-order valence-electron chi connectivity index (χ1n) is 6.88. The minimum Gasteiger partial charge on any atom is -0.261 e. The van der Waals surface area contributed by atoms with Gasteiger partial charge in [-0.05, 0) is 58.6 Å². The summed E-state index contributed by atoms with van der Waals surface area (Å²) in [6, 6.07) is 2.17. The Kier molecular flexibility index (Phi) is 4.50. The van der Waals surface area contributed by atoms with Crippen molar-refractivity contribution < 1.29 is 0 Å². The molecule has 0 fully saturated rings. The van der Waals surface area contributed by atoms with E-state index in [2.05, 4.69) is 50.2 Å². The lowest BCUT2D eigenvalue weighted by Crippen LogP contribution is -2.15. The molecule has 18 heavy (non-hydrogen) atoms. The molecule has 2 heterocycles. The lowest BCUT2D eigenvalue weighted by molar-refractivity contribution is 0.480. The molecule has 0 saturated heterocycles. The van der Waals surface area contributed by atoms with Gasteiger partial charge in [0.15, 0.2) is 0 Å². The largest absolute Gasteiger partial charge is 0.261 e. The fourth-order valence-corrected chi connectivity index (χ4v) is 3.48. The van der Waals surface area contributed by atoms with Gasteiger partial charge in [0.25, 0.3) is 0 Å². The Hall–Kier alpha value is -0.760. The minimum atomic E-state index is 0.502. The van der Waals surface area contributed by atoms with Crippen molar-refractivity contribution in [2.24, 2.45) is 5.92 Å². The Morgan fingerprint density at radius 3 is 2.72 bits per heavy atom. The van der Waals surface area contributed by atoms with Crippen LogP contribution in [0.15, 0.2) is 17.7 Å². The molecule has 0 spiro atoms. The van der Waals surface area contributed by atoms with E-state index in [1.807, 2.05) is 18.0 Å². The number of nitrogens with zero attached hydrogens (tertiary/aromatic N) is 1. The summed E-state index contributed by atoms with van der Waals surface area (Å²) in [5.74, 6) is 3.04. The minimum absolute atomic E-state index is 0.502. The number of aromatic nitrogens is 1. The molecule has 1 unspecified atom stereocenters. The normalized spacial score (nSPS) is 21.6. The number of pyridine rings is 1. The molecule has 0 bridgehead atoms. The highest BCUT2D eigenvalue weighted by molar-refractivity contribution is 8.02. The van der Waals surface area contributed by atoms with E-state index >= 15 is 0 Å². The SMILES string of the molecule is CC(C)c1nccc2c1C(C(C)C)CCS/C=C\2. The molecule has 0 radical (unpaired) electrons. The van der Waals surface area contributed by atoms with Crippen LogP contribution in [-0.2, 0) is 0 Å². The highest BCUT2D eigenvalue weighted by Crippen LogP contribution is 2.38. The topological polar surface area (TPSA) is 12.9 Å².